The number of methoxy groups -OCH3 is 2. The van der Waals surface area contributed by atoms with Crippen LogP contribution in [0.15, 0.2) is 36.4 Å². The Hall–Kier alpha value is -2.22. The number of carbonyl (C=O) groups is 1. The second kappa shape index (κ2) is 11.5. The molecule has 0 atom stereocenters. The summed E-state index contributed by atoms with van der Waals surface area (Å²) in [6.45, 7) is 2.15. The maximum atomic E-state index is 14.3. The van der Waals surface area contributed by atoms with Gasteiger partial charge in [-0.1, -0.05) is 6.07 Å². The summed E-state index contributed by atoms with van der Waals surface area (Å²) in [5, 5.41) is 5.70. The molecule has 2 rings (SSSR count). The monoisotopic (exact) mass is 400 g/mol. The average molecular weight is 401 g/mol. The van der Waals surface area contributed by atoms with E-state index in [-0.39, 0.29) is 23.5 Å². The Kier molecular flexibility index (Phi) is 9.71. The van der Waals surface area contributed by atoms with Crippen molar-refractivity contribution in [2.45, 2.75) is 0 Å². The van der Waals surface area contributed by atoms with Gasteiger partial charge in [0, 0.05) is 38.4 Å². The van der Waals surface area contributed by atoms with Gasteiger partial charge in [0.05, 0.1) is 19.3 Å². The first-order valence-electron chi connectivity index (χ1n) is 8.18. The van der Waals surface area contributed by atoms with Gasteiger partial charge < -0.3 is 20.1 Å². The van der Waals surface area contributed by atoms with E-state index in [1.54, 1.807) is 13.2 Å². The molecule has 0 saturated carbocycles. The topological polar surface area (TPSA) is 59.6 Å². The molecule has 27 heavy (non-hydrogen) atoms. The first kappa shape index (κ1) is 22.8. The zero-order valence-corrected chi connectivity index (χ0v) is 16.0. The summed E-state index contributed by atoms with van der Waals surface area (Å²) < 4.78 is 38.2. The van der Waals surface area contributed by atoms with Crippen LogP contribution < -0.4 is 15.4 Å². The normalized spacial score (nSPS) is 10.2. The Morgan fingerprint density at radius 1 is 1.00 bits per heavy atom. The number of halogens is 3. The molecular formula is C19H23ClF2N2O3. The standard InChI is InChI=1S/C19H22F2N2O3.ClH/c1-25-10-9-22-7-8-23-19(24)16-5-3-13(11-17(16)20)15-6-4-14(26-2)12-18(15)21;/h3-6,11-12,22H,7-10H2,1-2H3,(H,23,24);1H. The van der Waals surface area contributed by atoms with Crippen molar-refractivity contribution in [3.05, 3.63) is 53.6 Å². The van der Waals surface area contributed by atoms with Crippen LogP contribution in [0, 0.1) is 11.6 Å². The number of hydrogen-bond acceptors (Lipinski definition) is 4. The molecular weight excluding hydrogens is 378 g/mol. The molecule has 0 bridgehead atoms. The van der Waals surface area contributed by atoms with Crippen LogP contribution in [0.25, 0.3) is 11.1 Å². The Labute approximate surface area is 163 Å². The molecule has 0 saturated heterocycles. The smallest absolute Gasteiger partial charge is 0.254 e. The van der Waals surface area contributed by atoms with Crippen molar-refractivity contribution in [2.24, 2.45) is 0 Å². The highest BCUT2D eigenvalue weighted by molar-refractivity contribution is 5.95. The first-order valence-corrected chi connectivity index (χ1v) is 8.18. The summed E-state index contributed by atoms with van der Waals surface area (Å²) in [6, 6.07) is 8.34. The van der Waals surface area contributed by atoms with E-state index >= 15 is 0 Å². The van der Waals surface area contributed by atoms with Gasteiger partial charge >= 0.3 is 0 Å². The largest absolute Gasteiger partial charge is 0.497 e. The molecule has 0 aromatic heterocycles. The van der Waals surface area contributed by atoms with Crippen LogP contribution >= 0.6 is 12.4 Å². The van der Waals surface area contributed by atoms with Gasteiger partial charge in [0.1, 0.15) is 17.4 Å². The number of hydrogen-bond donors (Lipinski definition) is 2. The van der Waals surface area contributed by atoms with E-state index in [4.69, 9.17) is 9.47 Å². The minimum absolute atomic E-state index is 0. The molecule has 0 unspecified atom stereocenters. The van der Waals surface area contributed by atoms with Crippen molar-refractivity contribution in [2.75, 3.05) is 40.5 Å². The SMILES string of the molecule is COCCNCCNC(=O)c1ccc(-c2ccc(OC)cc2F)cc1F.Cl. The summed E-state index contributed by atoms with van der Waals surface area (Å²) in [5.41, 5.74) is 0.499. The maximum Gasteiger partial charge on any atom is 0.254 e. The lowest BCUT2D eigenvalue weighted by molar-refractivity contribution is 0.0949. The minimum atomic E-state index is -0.706. The number of rotatable bonds is 9. The van der Waals surface area contributed by atoms with Gasteiger partial charge in [-0.3, -0.25) is 4.79 Å². The number of benzene rings is 2. The molecule has 2 N–H and O–H groups in total. The number of carbonyl (C=O) groups excluding carboxylic acids is 1. The molecule has 5 nitrogen and oxygen atoms in total. The van der Waals surface area contributed by atoms with Gasteiger partial charge in [-0.25, -0.2) is 8.78 Å². The zero-order chi connectivity index (χ0) is 18.9. The van der Waals surface area contributed by atoms with Crippen molar-refractivity contribution >= 4 is 18.3 Å². The fourth-order valence-corrected chi connectivity index (χ4v) is 2.38. The lowest BCUT2D eigenvalue weighted by atomic mass is 10.0. The molecule has 1 amide bonds. The summed E-state index contributed by atoms with van der Waals surface area (Å²) in [4.78, 5) is 12.1. The number of amides is 1. The third-order valence-electron chi connectivity index (χ3n) is 3.77. The van der Waals surface area contributed by atoms with Gasteiger partial charge in [0.15, 0.2) is 0 Å². The van der Waals surface area contributed by atoms with Gasteiger partial charge in [-0.2, -0.15) is 0 Å². The fourth-order valence-electron chi connectivity index (χ4n) is 2.38. The molecule has 0 radical (unpaired) electrons. The van der Waals surface area contributed by atoms with Crippen LogP contribution in [0.4, 0.5) is 8.78 Å². The summed E-state index contributed by atoms with van der Waals surface area (Å²) in [7, 11) is 3.04. The highest BCUT2D eigenvalue weighted by Crippen LogP contribution is 2.27. The predicted molar refractivity (Wildman–Crippen MR) is 103 cm³/mol. The van der Waals surface area contributed by atoms with Crippen molar-refractivity contribution in [1.82, 2.24) is 10.6 Å². The lowest BCUT2D eigenvalue weighted by Gasteiger charge is -2.10. The van der Waals surface area contributed by atoms with E-state index < -0.39 is 17.5 Å². The molecule has 0 aliphatic heterocycles. The Morgan fingerprint density at radius 3 is 2.41 bits per heavy atom. The molecule has 0 fully saturated rings. The van der Waals surface area contributed by atoms with Crippen molar-refractivity contribution < 1.29 is 23.0 Å². The summed E-state index contributed by atoms with van der Waals surface area (Å²) in [5.74, 6) is -1.37. The van der Waals surface area contributed by atoms with Crippen LogP contribution in [0.5, 0.6) is 5.75 Å². The minimum Gasteiger partial charge on any atom is -0.497 e. The van der Waals surface area contributed by atoms with Gasteiger partial charge in [0.25, 0.3) is 5.91 Å². The zero-order valence-electron chi connectivity index (χ0n) is 15.2. The Balaban J connectivity index is 0.00000364. The van der Waals surface area contributed by atoms with E-state index in [1.807, 2.05) is 0 Å². The quantitative estimate of drug-likeness (QED) is 0.635. The number of nitrogens with one attached hydrogen (secondary N) is 2. The molecule has 8 heteroatoms. The second-order valence-corrected chi connectivity index (χ2v) is 5.54. The first-order chi connectivity index (χ1) is 12.6. The van der Waals surface area contributed by atoms with Crippen LogP contribution in [-0.2, 0) is 4.74 Å². The molecule has 0 heterocycles. The maximum absolute atomic E-state index is 14.3. The van der Waals surface area contributed by atoms with Gasteiger partial charge in [-0.05, 0) is 29.8 Å². The van der Waals surface area contributed by atoms with Crippen LogP contribution in [0.2, 0.25) is 0 Å². The third-order valence-corrected chi connectivity index (χ3v) is 3.77. The predicted octanol–water partition coefficient (Wildman–Crippen LogP) is 3.03. The van der Waals surface area contributed by atoms with Crippen molar-refractivity contribution in [3.63, 3.8) is 0 Å². The number of ether oxygens (including phenoxy) is 2. The lowest BCUT2D eigenvalue weighted by Crippen LogP contribution is -2.33. The molecule has 2 aromatic carbocycles. The van der Waals surface area contributed by atoms with Crippen LogP contribution in [0.3, 0.4) is 0 Å². The second-order valence-electron chi connectivity index (χ2n) is 5.54. The molecule has 2 aromatic rings. The van der Waals surface area contributed by atoms with Gasteiger partial charge in [-0.15, -0.1) is 12.4 Å². The van der Waals surface area contributed by atoms with E-state index in [9.17, 15) is 13.6 Å². The van der Waals surface area contributed by atoms with Crippen molar-refractivity contribution in [3.8, 4) is 16.9 Å². The van der Waals surface area contributed by atoms with E-state index in [2.05, 4.69) is 10.6 Å². The Bertz CT molecular complexity index is 760. The van der Waals surface area contributed by atoms with Crippen LogP contribution in [-0.4, -0.2) is 46.4 Å². The van der Waals surface area contributed by atoms with E-state index in [1.165, 1.54) is 31.4 Å². The van der Waals surface area contributed by atoms with E-state index in [0.29, 0.717) is 37.6 Å². The molecule has 0 aliphatic carbocycles. The highest BCUT2D eigenvalue weighted by Gasteiger charge is 2.14. The summed E-state index contributed by atoms with van der Waals surface area (Å²) >= 11 is 0. The average Bonchev–Trinajstić information content (AvgIpc) is 2.64. The molecule has 0 aliphatic rings. The molecule has 0 spiro atoms. The van der Waals surface area contributed by atoms with Crippen molar-refractivity contribution in [1.29, 1.82) is 0 Å². The third kappa shape index (κ3) is 6.46. The fraction of sp³-hybridized carbons (Fsp3) is 0.316. The van der Waals surface area contributed by atoms with Crippen LogP contribution in [0.1, 0.15) is 10.4 Å². The van der Waals surface area contributed by atoms with E-state index in [0.717, 1.165) is 6.07 Å². The van der Waals surface area contributed by atoms with Gasteiger partial charge in [0.2, 0.25) is 0 Å². The molecule has 148 valence electrons. The highest BCUT2D eigenvalue weighted by atomic mass is 35.5. The summed E-state index contributed by atoms with van der Waals surface area (Å²) in [6.07, 6.45) is 0. The Morgan fingerprint density at radius 2 is 1.78 bits per heavy atom.